The van der Waals surface area contributed by atoms with Crippen LogP contribution in [0.4, 0.5) is 0 Å². The zero-order valence-electron chi connectivity index (χ0n) is 9.01. The number of hydrogen-bond donors (Lipinski definition) is 1. The Morgan fingerprint density at radius 3 is 2.62 bits per heavy atom. The minimum absolute atomic E-state index is 0.254. The number of aromatic nitrogens is 4. The molecule has 0 saturated carbocycles. The van der Waals surface area contributed by atoms with Crippen LogP contribution in [0.15, 0.2) is 24.4 Å². The number of nitrogens with zero attached hydrogens (tertiary/aromatic N) is 4. The van der Waals surface area contributed by atoms with E-state index in [0.29, 0.717) is 5.82 Å². The lowest BCUT2D eigenvalue weighted by molar-refractivity contribution is 0.0957. The second-order valence-electron chi connectivity index (χ2n) is 3.26. The molecule has 2 rings (SSSR count). The maximum absolute atomic E-state index is 11.2. The van der Waals surface area contributed by atoms with Gasteiger partial charge in [-0.05, 0) is 25.1 Å². The molecule has 0 saturated heterocycles. The number of amides is 1. The van der Waals surface area contributed by atoms with Gasteiger partial charge in [0.1, 0.15) is 0 Å². The summed E-state index contributed by atoms with van der Waals surface area (Å²) in [7, 11) is 1.55. The van der Waals surface area contributed by atoms with Gasteiger partial charge in [0.2, 0.25) is 0 Å². The van der Waals surface area contributed by atoms with Gasteiger partial charge in [-0.25, -0.2) is 4.68 Å². The number of hydrogen-bond acceptors (Lipinski definition) is 4. The van der Waals surface area contributed by atoms with Gasteiger partial charge in [-0.15, -0.1) is 10.2 Å². The van der Waals surface area contributed by atoms with Gasteiger partial charge in [0, 0.05) is 13.2 Å². The summed E-state index contributed by atoms with van der Waals surface area (Å²) < 4.78 is 1.61. The molecular weight excluding hydrogens is 206 g/mol. The van der Waals surface area contributed by atoms with Crippen LogP contribution in [0.1, 0.15) is 16.2 Å². The van der Waals surface area contributed by atoms with Crippen LogP contribution in [0.3, 0.4) is 0 Å². The Kier molecular flexibility index (Phi) is 2.63. The van der Waals surface area contributed by atoms with E-state index in [-0.39, 0.29) is 11.6 Å². The highest BCUT2D eigenvalue weighted by Gasteiger charge is 2.06. The third-order valence-corrected chi connectivity index (χ3v) is 2.07. The summed E-state index contributed by atoms with van der Waals surface area (Å²) in [6, 6.07) is 5.18. The third kappa shape index (κ3) is 1.90. The average Bonchev–Trinajstić information content (AvgIpc) is 2.75. The first kappa shape index (κ1) is 10.3. The van der Waals surface area contributed by atoms with E-state index in [1.54, 1.807) is 30.1 Å². The van der Waals surface area contributed by atoms with Gasteiger partial charge < -0.3 is 5.32 Å². The Morgan fingerprint density at radius 2 is 2.12 bits per heavy atom. The summed E-state index contributed by atoms with van der Waals surface area (Å²) >= 11 is 0. The molecule has 0 spiro atoms. The first-order valence-electron chi connectivity index (χ1n) is 4.79. The van der Waals surface area contributed by atoms with E-state index in [9.17, 15) is 4.79 Å². The van der Waals surface area contributed by atoms with Gasteiger partial charge in [0.25, 0.3) is 5.91 Å². The number of carbonyl (C=O) groups is 1. The van der Waals surface area contributed by atoms with Gasteiger partial charge >= 0.3 is 0 Å². The molecule has 0 bridgehead atoms. The first-order chi connectivity index (χ1) is 7.70. The molecule has 16 heavy (non-hydrogen) atoms. The molecule has 0 atom stereocenters. The van der Waals surface area contributed by atoms with E-state index in [1.807, 2.05) is 13.0 Å². The summed E-state index contributed by atoms with van der Waals surface area (Å²) in [5.74, 6) is 0.330. The maximum atomic E-state index is 11.2. The Labute approximate surface area is 92.3 Å². The molecule has 0 fully saturated rings. The van der Waals surface area contributed by atoms with Crippen LogP contribution < -0.4 is 5.32 Å². The Hall–Kier alpha value is -2.24. The highest BCUT2D eigenvalue weighted by atomic mass is 16.1. The molecule has 6 nitrogen and oxygen atoms in total. The summed E-state index contributed by atoms with van der Waals surface area (Å²) in [4.78, 5) is 11.2. The predicted molar refractivity (Wildman–Crippen MR) is 57.3 cm³/mol. The fraction of sp³-hybridized carbons (Fsp3) is 0.200. The van der Waals surface area contributed by atoms with Crippen molar-refractivity contribution in [1.29, 1.82) is 0 Å². The van der Waals surface area contributed by atoms with E-state index in [0.717, 1.165) is 5.69 Å². The molecule has 0 aliphatic heterocycles. The summed E-state index contributed by atoms with van der Waals surface area (Å²) in [6.45, 7) is 1.89. The van der Waals surface area contributed by atoms with E-state index >= 15 is 0 Å². The lowest BCUT2D eigenvalue weighted by Gasteiger charge is -2.00. The van der Waals surface area contributed by atoms with Crippen LogP contribution >= 0.6 is 0 Å². The van der Waals surface area contributed by atoms with Crippen molar-refractivity contribution in [2.75, 3.05) is 7.05 Å². The Morgan fingerprint density at radius 1 is 1.31 bits per heavy atom. The van der Waals surface area contributed by atoms with Gasteiger partial charge in [-0.3, -0.25) is 4.79 Å². The topological polar surface area (TPSA) is 72.7 Å². The molecule has 0 aliphatic carbocycles. The molecule has 82 valence electrons. The van der Waals surface area contributed by atoms with Crippen molar-refractivity contribution in [3.8, 4) is 5.82 Å². The van der Waals surface area contributed by atoms with Crippen LogP contribution in [0.5, 0.6) is 0 Å². The monoisotopic (exact) mass is 217 g/mol. The SMILES string of the molecule is CNC(=O)c1ccc(-n2ccc(C)n2)nn1. The third-order valence-electron chi connectivity index (χ3n) is 2.07. The van der Waals surface area contributed by atoms with Crippen molar-refractivity contribution >= 4 is 5.91 Å². The fourth-order valence-corrected chi connectivity index (χ4v) is 1.24. The van der Waals surface area contributed by atoms with E-state index in [1.165, 1.54) is 0 Å². The zero-order chi connectivity index (χ0) is 11.5. The van der Waals surface area contributed by atoms with Gasteiger partial charge in [-0.2, -0.15) is 5.10 Å². The lowest BCUT2D eigenvalue weighted by atomic mass is 10.3. The van der Waals surface area contributed by atoms with Crippen molar-refractivity contribution in [2.24, 2.45) is 0 Å². The standard InChI is InChI=1S/C10H11N5O/c1-7-5-6-15(14-7)9-4-3-8(12-13-9)10(16)11-2/h3-6H,1-2H3,(H,11,16). The van der Waals surface area contributed by atoms with Crippen LogP contribution in [0.2, 0.25) is 0 Å². The molecule has 0 radical (unpaired) electrons. The molecule has 1 amide bonds. The second kappa shape index (κ2) is 4.09. The van der Waals surface area contributed by atoms with Crippen molar-refractivity contribution in [2.45, 2.75) is 6.92 Å². The lowest BCUT2D eigenvalue weighted by Crippen LogP contribution is -2.19. The highest BCUT2D eigenvalue weighted by molar-refractivity contribution is 5.91. The first-order valence-corrected chi connectivity index (χ1v) is 4.79. The molecule has 2 heterocycles. The van der Waals surface area contributed by atoms with Gasteiger partial charge in [-0.1, -0.05) is 0 Å². The number of aryl methyl sites for hydroxylation is 1. The largest absolute Gasteiger partial charge is 0.354 e. The van der Waals surface area contributed by atoms with Gasteiger partial charge in [0.05, 0.1) is 5.69 Å². The minimum atomic E-state index is -0.254. The van der Waals surface area contributed by atoms with Crippen LogP contribution in [0.25, 0.3) is 5.82 Å². The summed E-state index contributed by atoms with van der Waals surface area (Å²) in [5, 5.41) is 14.4. The molecular formula is C10H11N5O. The smallest absolute Gasteiger partial charge is 0.271 e. The number of nitrogens with one attached hydrogen (secondary N) is 1. The Balaban J connectivity index is 2.29. The second-order valence-corrected chi connectivity index (χ2v) is 3.26. The average molecular weight is 217 g/mol. The van der Waals surface area contributed by atoms with Crippen LogP contribution in [-0.2, 0) is 0 Å². The minimum Gasteiger partial charge on any atom is -0.354 e. The van der Waals surface area contributed by atoms with Crippen molar-refractivity contribution < 1.29 is 4.79 Å². The molecule has 0 aliphatic rings. The molecule has 1 N–H and O–H groups in total. The maximum Gasteiger partial charge on any atom is 0.271 e. The van der Waals surface area contributed by atoms with E-state index in [4.69, 9.17) is 0 Å². The molecule has 2 aromatic heterocycles. The van der Waals surface area contributed by atoms with Crippen molar-refractivity contribution in [1.82, 2.24) is 25.3 Å². The summed E-state index contributed by atoms with van der Waals surface area (Å²) in [6.07, 6.45) is 1.79. The number of rotatable bonds is 2. The number of carbonyl (C=O) groups excluding carboxylic acids is 1. The van der Waals surface area contributed by atoms with E-state index < -0.39 is 0 Å². The van der Waals surface area contributed by atoms with Gasteiger partial charge in [0.15, 0.2) is 11.5 Å². The van der Waals surface area contributed by atoms with Crippen molar-refractivity contribution in [3.63, 3.8) is 0 Å². The summed E-state index contributed by atoms with van der Waals surface area (Å²) in [5.41, 5.74) is 1.19. The van der Waals surface area contributed by atoms with Crippen molar-refractivity contribution in [3.05, 3.63) is 35.8 Å². The van der Waals surface area contributed by atoms with Crippen LogP contribution in [-0.4, -0.2) is 32.9 Å². The quantitative estimate of drug-likeness (QED) is 0.786. The molecule has 2 aromatic rings. The fourth-order valence-electron chi connectivity index (χ4n) is 1.24. The Bertz CT molecular complexity index is 502. The molecule has 6 heteroatoms. The normalized spacial score (nSPS) is 10.1. The highest BCUT2D eigenvalue weighted by Crippen LogP contribution is 2.03. The van der Waals surface area contributed by atoms with E-state index in [2.05, 4.69) is 20.6 Å². The predicted octanol–water partition coefficient (Wildman–Crippen LogP) is 0.330. The molecule has 0 unspecified atom stereocenters. The zero-order valence-corrected chi connectivity index (χ0v) is 9.01. The van der Waals surface area contributed by atoms with Crippen LogP contribution in [0, 0.1) is 6.92 Å². The molecule has 0 aromatic carbocycles.